The molecule has 0 saturated carbocycles. The number of nitrogens with zero attached hydrogens (tertiary/aromatic N) is 4. The van der Waals surface area contributed by atoms with Crippen LogP contribution in [-0.4, -0.2) is 47.6 Å². The van der Waals surface area contributed by atoms with Gasteiger partial charge in [0, 0.05) is 32.4 Å². The lowest BCUT2D eigenvalue weighted by Crippen LogP contribution is -2.53. The largest absolute Gasteiger partial charge is 0.353 e. The first-order valence-corrected chi connectivity index (χ1v) is 8.16. The van der Waals surface area contributed by atoms with Crippen LogP contribution in [0.25, 0.3) is 0 Å². The summed E-state index contributed by atoms with van der Waals surface area (Å²) in [4.78, 5) is 20.4. The molecule has 1 amide bonds. The van der Waals surface area contributed by atoms with E-state index in [1.54, 1.807) is 11.1 Å². The first-order chi connectivity index (χ1) is 12.1. The third kappa shape index (κ3) is 3.58. The molecule has 0 spiro atoms. The molecule has 5 nitrogen and oxygen atoms in total. The second-order valence-electron chi connectivity index (χ2n) is 5.49. The van der Waals surface area contributed by atoms with Crippen molar-refractivity contribution in [3.8, 4) is 0 Å². The zero-order valence-corrected chi connectivity index (χ0v) is 14.1. The summed E-state index contributed by atoms with van der Waals surface area (Å²) in [5.74, 6) is -0.802. The van der Waals surface area contributed by atoms with Crippen molar-refractivity contribution in [2.75, 3.05) is 36.0 Å². The van der Waals surface area contributed by atoms with Gasteiger partial charge in [-0.1, -0.05) is 12.1 Å². The third-order valence-corrected chi connectivity index (χ3v) is 4.47. The van der Waals surface area contributed by atoms with Gasteiger partial charge in [0.15, 0.2) is 5.11 Å². The molecule has 0 radical (unpaired) electrons. The second-order valence-corrected chi connectivity index (χ2v) is 5.86. The van der Waals surface area contributed by atoms with Crippen LogP contribution in [0.3, 0.4) is 0 Å². The summed E-state index contributed by atoms with van der Waals surface area (Å²) in [6, 6.07) is 9.10. The molecule has 2 aromatic rings. The fourth-order valence-electron chi connectivity index (χ4n) is 2.73. The number of para-hydroxylation sites is 1. The van der Waals surface area contributed by atoms with Gasteiger partial charge in [0.1, 0.15) is 23.1 Å². The fourth-order valence-corrected chi connectivity index (χ4v) is 3.05. The molecule has 0 N–H and O–H groups in total. The Morgan fingerprint density at radius 2 is 1.76 bits per heavy atom. The highest BCUT2D eigenvalue weighted by Crippen LogP contribution is 2.24. The molecule has 0 bridgehead atoms. The minimum atomic E-state index is -0.832. The normalized spacial score (nSPS) is 14.3. The Bertz CT molecular complexity index is 746. The number of anilines is 2. The maximum Gasteiger partial charge on any atom is 0.220 e. The standard InChI is InChI=1S/C17H16F2N4OS/c18-13-4-3-5-14(19)16(13)23(12-24)17(25)22-10-8-21(9-11-22)15-6-1-2-7-20-15/h1-7,12H,8-11H2. The lowest BCUT2D eigenvalue weighted by molar-refractivity contribution is -0.106. The van der Waals surface area contributed by atoms with E-state index in [0.717, 1.165) is 22.9 Å². The van der Waals surface area contributed by atoms with E-state index in [9.17, 15) is 13.6 Å². The van der Waals surface area contributed by atoms with Crippen LogP contribution in [0.2, 0.25) is 0 Å². The summed E-state index contributed by atoms with van der Waals surface area (Å²) in [6.07, 6.45) is 2.07. The molecule has 2 heterocycles. The maximum atomic E-state index is 14.0. The third-order valence-electron chi connectivity index (χ3n) is 4.01. The highest BCUT2D eigenvalue weighted by atomic mass is 32.1. The van der Waals surface area contributed by atoms with E-state index in [-0.39, 0.29) is 5.11 Å². The van der Waals surface area contributed by atoms with E-state index in [1.165, 1.54) is 6.07 Å². The van der Waals surface area contributed by atoms with Gasteiger partial charge >= 0.3 is 0 Å². The molecule has 1 aliphatic rings. The Morgan fingerprint density at radius 3 is 2.32 bits per heavy atom. The van der Waals surface area contributed by atoms with Crippen molar-refractivity contribution in [1.29, 1.82) is 0 Å². The maximum absolute atomic E-state index is 14.0. The Labute approximate surface area is 149 Å². The van der Waals surface area contributed by atoms with Gasteiger partial charge < -0.3 is 9.80 Å². The zero-order valence-electron chi connectivity index (χ0n) is 13.3. The van der Waals surface area contributed by atoms with E-state index in [1.807, 2.05) is 18.2 Å². The summed E-state index contributed by atoms with van der Waals surface area (Å²) in [6.45, 7) is 2.33. The molecule has 130 valence electrons. The van der Waals surface area contributed by atoms with Gasteiger partial charge in [0.2, 0.25) is 6.41 Å². The van der Waals surface area contributed by atoms with Gasteiger partial charge in [0.25, 0.3) is 0 Å². The van der Waals surface area contributed by atoms with Crippen molar-refractivity contribution >= 4 is 35.2 Å². The predicted molar refractivity (Wildman–Crippen MR) is 95.5 cm³/mol. The number of halogens is 2. The van der Waals surface area contributed by atoms with Crippen molar-refractivity contribution in [3.05, 3.63) is 54.2 Å². The van der Waals surface area contributed by atoms with E-state index in [2.05, 4.69) is 9.88 Å². The number of amides is 1. The Morgan fingerprint density at radius 1 is 1.08 bits per heavy atom. The van der Waals surface area contributed by atoms with Gasteiger partial charge in [-0.25, -0.2) is 13.8 Å². The predicted octanol–water partition coefficient (Wildman–Crippen LogP) is 2.43. The van der Waals surface area contributed by atoms with Gasteiger partial charge in [-0.2, -0.15) is 0 Å². The Hall–Kier alpha value is -2.61. The number of benzene rings is 1. The number of thiocarbonyl (C=S) groups is 1. The van der Waals surface area contributed by atoms with Crippen LogP contribution in [0.4, 0.5) is 20.3 Å². The lowest BCUT2D eigenvalue weighted by atomic mass is 10.2. The van der Waals surface area contributed by atoms with Crippen LogP contribution in [0.5, 0.6) is 0 Å². The minimum absolute atomic E-state index is 0.0830. The number of rotatable bonds is 3. The van der Waals surface area contributed by atoms with Gasteiger partial charge in [-0.05, 0) is 36.5 Å². The molecular weight excluding hydrogens is 346 g/mol. The number of carbonyl (C=O) groups excluding carboxylic acids is 1. The van der Waals surface area contributed by atoms with Crippen LogP contribution < -0.4 is 9.80 Å². The molecule has 1 aromatic heterocycles. The molecule has 1 aliphatic heterocycles. The van der Waals surface area contributed by atoms with Crippen molar-refractivity contribution in [3.63, 3.8) is 0 Å². The number of aromatic nitrogens is 1. The molecule has 1 aromatic carbocycles. The van der Waals surface area contributed by atoms with Gasteiger partial charge in [-0.15, -0.1) is 0 Å². The van der Waals surface area contributed by atoms with Crippen molar-refractivity contribution in [2.45, 2.75) is 0 Å². The van der Waals surface area contributed by atoms with Crippen LogP contribution in [0, 0.1) is 11.6 Å². The molecule has 0 aliphatic carbocycles. The highest BCUT2D eigenvalue weighted by molar-refractivity contribution is 7.80. The first-order valence-electron chi connectivity index (χ1n) is 7.75. The molecule has 3 rings (SSSR count). The van der Waals surface area contributed by atoms with E-state index >= 15 is 0 Å². The van der Waals surface area contributed by atoms with E-state index in [0.29, 0.717) is 32.6 Å². The molecule has 8 heteroatoms. The molecule has 1 fully saturated rings. The Kier molecular flexibility index (Phi) is 5.18. The number of pyridine rings is 1. The quantitative estimate of drug-likeness (QED) is 0.620. The summed E-state index contributed by atoms with van der Waals surface area (Å²) in [7, 11) is 0. The van der Waals surface area contributed by atoms with Crippen molar-refractivity contribution in [2.24, 2.45) is 0 Å². The zero-order chi connectivity index (χ0) is 17.8. The van der Waals surface area contributed by atoms with Crippen LogP contribution >= 0.6 is 12.2 Å². The number of piperazine rings is 1. The number of hydrogen-bond donors (Lipinski definition) is 0. The lowest BCUT2D eigenvalue weighted by Gasteiger charge is -2.38. The summed E-state index contributed by atoms with van der Waals surface area (Å²) in [5.41, 5.74) is -0.449. The topological polar surface area (TPSA) is 39.7 Å². The monoisotopic (exact) mass is 362 g/mol. The summed E-state index contributed by atoms with van der Waals surface area (Å²) in [5, 5.41) is 0.0830. The fraction of sp³-hybridized carbons (Fsp3) is 0.235. The summed E-state index contributed by atoms with van der Waals surface area (Å²) < 4.78 is 27.9. The average Bonchev–Trinajstić information content (AvgIpc) is 2.65. The van der Waals surface area contributed by atoms with Crippen LogP contribution in [0.1, 0.15) is 0 Å². The molecule has 0 unspecified atom stereocenters. The first kappa shape index (κ1) is 17.2. The average molecular weight is 362 g/mol. The smallest absolute Gasteiger partial charge is 0.220 e. The van der Waals surface area contributed by atoms with Crippen LogP contribution in [-0.2, 0) is 4.79 Å². The van der Waals surface area contributed by atoms with Gasteiger partial charge in [0.05, 0.1) is 0 Å². The van der Waals surface area contributed by atoms with Crippen molar-refractivity contribution < 1.29 is 13.6 Å². The molecular formula is C17H16F2N4OS. The minimum Gasteiger partial charge on any atom is -0.353 e. The van der Waals surface area contributed by atoms with E-state index in [4.69, 9.17) is 12.2 Å². The highest BCUT2D eigenvalue weighted by Gasteiger charge is 2.26. The molecule has 0 atom stereocenters. The second kappa shape index (κ2) is 7.52. The number of carbonyl (C=O) groups is 1. The van der Waals surface area contributed by atoms with E-state index < -0.39 is 17.3 Å². The molecule has 25 heavy (non-hydrogen) atoms. The number of hydrogen-bond acceptors (Lipinski definition) is 4. The molecule has 1 saturated heterocycles. The van der Waals surface area contributed by atoms with Crippen molar-refractivity contribution in [1.82, 2.24) is 9.88 Å². The SMILES string of the molecule is O=CN(C(=S)N1CCN(c2ccccn2)CC1)c1c(F)cccc1F. The Balaban J connectivity index is 1.72. The summed E-state index contributed by atoms with van der Waals surface area (Å²) >= 11 is 5.30. The van der Waals surface area contributed by atoms with Crippen LogP contribution in [0.15, 0.2) is 42.6 Å². The van der Waals surface area contributed by atoms with Gasteiger partial charge in [-0.3, -0.25) is 9.69 Å².